The van der Waals surface area contributed by atoms with Gasteiger partial charge in [-0.25, -0.2) is 0 Å². The van der Waals surface area contributed by atoms with Gasteiger partial charge in [-0.15, -0.1) is 0 Å². The van der Waals surface area contributed by atoms with E-state index in [2.05, 4.69) is 0 Å². The van der Waals surface area contributed by atoms with Crippen LogP contribution in [0.25, 0.3) is 0 Å². The Labute approximate surface area is 77.1 Å². The molecule has 0 spiro atoms. The van der Waals surface area contributed by atoms with Crippen molar-refractivity contribution in [1.82, 2.24) is 0 Å². The fraction of sp³-hybridized carbons (Fsp3) is 0.400. The van der Waals surface area contributed by atoms with Crippen LogP contribution in [0.5, 0.6) is 0 Å². The summed E-state index contributed by atoms with van der Waals surface area (Å²) < 4.78 is 5.16. The van der Waals surface area contributed by atoms with Crippen molar-refractivity contribution in [3.05, 3.63) is 29.8 Å². The van der Waals surface area contributed by atoms with E-state index in [0.717, 1.165) is 5.56 Å². The summed E-state index contributed by atoms with van der Waals surface area (Å²) >= 11 is 0. The van der Waals surface area contributed by atoms with Crippen LogP contribution in [0, 0.1) is 0 Å². The molecule has 1 unspecified atom stereocenters. The standard InChI is InChI=1S/C10H13NO2/c11-9-3-1-2-8(6-9)10(12)4-5-13-7-10/h1-3,6,12H,4-5,7,11H2. The van der Waals surface area contributed by atoms with Gasteiger partial charge in [0.1, 0.15) is 5.60 Å². The molecule has 1 aromatic rings. The number of aliphatic hydroxyl groups is 1. The molecule has 0 aromatic heterocycles. The topological polar surface area (TPSA) is 55.5 Å². The number of benzene rings is 1. The van der Waals surface area contributed by atoms with Gasteiger partial charge in [0.2, 0.25) is 0 Å². The van der Waals surface area contributed by atoms with Crippen molar-refractivity contribution in [2.45, 2.75) is 12.0 Å². The molecule has 70 valence electrons. The maximum atomic E-state index is 10.1. The van der Waals surface area contributed by atoms with Gasteiger partial charge >= 0.3 is 0 Å². The maximum Gasteiger partial charge on any atom is 0.115 e. The molecule has 0 bridgehead atoms. The molecule has 13 heavy (non-hydrogen) atoms. The second-order valence-electron chi connectivity index (χ2n) is 3.46. The van der Waals surface area contributed by atoms with Gasteiger partial charge in [-0.1, -0.05) is 12.1 Å². The van der Waals surface area contributed by atoms with E-state index >= 15 is 0 Å². The third-order valence-corrected chi connectivity index (χ3v) is 2.42. The van der Waals surface area contributed by atoms with Crippen LogP contribution < -0.4 is 5.73 Å². The first-order chi connectivity index (χ1) is 6.21. The predicted molar refractivity (Wildman–Crippen MR) is 50.2 cm³/mol. The summed E-state index contributed by atoms with van der Waals surface area (Å²) in [6.07, 6.45) is 0.649. The van der Waals surface area contributed by atoms with E-state index in [9.17, 15) is 5.11 Å². The van der Waals surface area contributed by atoms with Crippen LogP contribution in [-0.2, 0) is 10.3 Å². The van der Waals surface area contributed by atoms with Crippen molar-refractivity contribution in [2.24, 2.45) is 0 Å². The Morgan fingerprint density at radius 2 is 2.31 bits per heavy atom. The molecule has 1 saturated heterocycles. The Hall–Kier alpha value is -1.06. The fourth-order valence-corrected chi connectivity index (χ4v) is 1.61. The zero-order chi connectivity index (χ0) is 9.31. The van der Waals surface area contributed by atoms with E-state index in [1.165, 1.54) is 0 Å². The lowest BCUT2D eigenvalue weighted by molar-refractivity contribution is 0.0232. The van der Waals surface area contributed by atoms with Gasteiger partial charge in [0, 0.05) is 18.7 Å². The molecule has 0 amide bonds. The Kier molecular flexibility index (Phi) is 1.98. The molecular weight excluding hydrogens is 166 g/mol. The fourth-order valence-electron chi connectivity index (χ4n) is 1.61. The molecule has 2 rings (SSSR count). The first-order valence-electron chi connectivity index (χ1n) is 4.37. The molecule has 1 aliphatic heterocycles. The monoisotopic (exact) mass is 179 g/mol. The molecule has 1 fully saturated rings. The summed E-state index contributed by atoms with van der Waals surface area (Å²) in [6.45, 7) is 0.988. The van der Waals surface area contributed by atoms with Gasteiger partial charge in [-0.3, -0.25) is 0 Å². The van der Waals surface area contributed by atoms with E-state index in [0.29, 0.717) is 25.3 Å². The second-order valence-corrected chi connectivity index (χ2v) is 3.46. The minimum absolute atomic E-state index is 0.371. The lowest BCUT2D eigenvalue weighted by Gasteiger charge is -2.20. The van der Waals surface area contributed by atoms with Crippen molar-refractivity contribution in [3.8, 4) is 0 Å². The zero-order valence-electron chi connectivity index (χ0n) is 7.36. The highest BCUT2D eigenvalue weighted by Crippen LogP contribution is 2.30. The Bertz CT molecular complexity index is 306. The van der Waals surface area contributed by atoms with E-state index in [1.807, 2.05) is 18.2 Å². The maximum absolute atomic E-state index is 10.1. The molecule has 1 aromatic carbocycles. The summed E-state index contributed by atoms with van der Waals surface area (Å²) in [5.74, 6) is 0. The number of nitrogens with two attached hydrogens (primary N) is 1. The Morgan fingerprint density at radius 3 is 2.92 bits per heavy atom. The lowest BCUT2D eigenvalue weighted by atomic mass is 9.93. The molecule has 1 aliphatic rings. The highest BCUT2D eigenvalue weighted by atomic mass is 16.5. The van der Waals surface area contributed by atoms with Crippen LogP contribution in [0.3, 0.4) is 0 Å². The summed E-state index contributed by atoms with van der Waals surface area (Å²) in [6, 6.07) is 7.34. The Morgan fingerprint density at radius 1 is 1.46 bits per heavy atom. The molecule has 3 heteroatoms. The average molecular weight is 179 g/mol. The van der Waals surface area contributed by atoms with Crippen LogP contribution in [0.1, 0.15) is 12.0 Å². The van der Waals surface area contributed by atoms with E-state index in [-0.39, 0.29) is 0 Å². The van der Waals surface area contributed by atoms with Crippen molar-refractivity contribution >= 4 is 5.69 Å². The second kappa shape index (κ2) is 3.01. The first-order valence-corrected chi connectivity index (χ1v) is 4.37. The number of nitrogen functional groups attached to an aromatic ring is 1. The summed E-state index contributed by atoms with van der Waals surface area (Å²) in [5.41, 5.74) is 6.34. The van der Waals surface area contributed by atoms with Crippen molar-refractivity contribution in [2.75, 3.05) is 18.9 Å². The molecule has 0 aliphatic carbocycles. The minimum Gasteiger partial charge on any atom is -0.399 e. The van der Waals surface area contributed by atoms with E-state index in [1.54, 1.807) is 6.07 Å². The van der Waals surface area contributed by atoms with Gasteiger partial charge in [0.15, 0.2) is 0 Å². The Balaban J connectivity index is 2.33. The van der Waals surface area contributed by atoms with Gasteiger partial charge in [0.25, 0.3) is 0 Å². The molecule has 3 N–H and O–H groups in total. The number of hydrogen-bond acceptors (Lipinski definition) is 3. The number of anilines is 1. The van der Waals surface area contributed by atoms with E-state index < -0.39 is 5.60 Å². The normalized spacial score (nSPS) is 27.8. The van der Waals surface area contributed by atoms with Crippen LogP contribution in [-0.4, -0.2) is 18.3 Å². The predicted octanol–water partition coefficient (Wildman–Crippen LogP) is 0.877. The molecule has 0 radical (unpaired) electrons. The van der Waals surface area contributed by atoms with Crippen molar-refractivity contribution in [3.63, 3.8) is 0 Å². The van der Waals surface area contributed by atoms with Gasteiger partial charge in [-0.2, -0.15) is 0 Å². The van der Waals surface area contributed by atoms with Crippen molar-refractivity contribution < 1.29 is 9.84 Å². The molecule has 0 saturated carbocycles. The quantitative estimate of drug-likeness (QED) is 0.629. The molecule has 1 heterocycles. The molecular formula is C10H13NO2. The van der Waals surface area contributed by atoms with Crippen LogP contribution in [0.4, 0.5) is 5.69 Å². The third-order valence-electron chi connectivity index (χ3n) is 2.42. The molecule has 3 nitrogen and oxygen atoms in total. The van der Waals surface area contributed by atoms with Crippen molar-refractivity contribution in [1.29, 1.82) is 0 Å². The van der Waals surface area contributed by atoms with Crippen LogP contribution in [0.2, 0.25) is 0 Å². The summed E-state index contributed by atoms with van der Waals surface area (Å²) in [5, 5.41) is 10.1. The summed E-state index contributed by atoms with van der Waals surface area (Å²) in [7, 11) is 0. The summed E-state index contributed by atoms with van der Waals surface area (Å²) in [4.78, 5) is 0. The number of rotatable bonds is 1. The highest BCUT2D eigenvalue weighted by Gasteiger charge is 2.33. The lowest BCUT2D eigenvalue weighted by Crippen LogP contribution is -2.25. The van der Waals surface area contributed by atoms with Crippen LogP contribution in [0.15, 0.2) is 24.3 Å². The van der Waals surface area contributed by atoms with Gasteiger partial charge in [-0.05, 0) is 17.7 Å². The highest BCUT2D eigenvalue weighted by molar-refractivity contribution is 5.42. The molecule has 1 atom stereocenters. The SMILES string of the molecule is Nc1cccc(C2(O)CCOC2)c1. The van der Waals surface area contributed by atoms with Gasteiger partial charge < -0.3 is 15.6 Å². The van der Waals surface area contributed by atoms with Crippen LogP contribution >= 0.6 is 0 Å². The largest absolute Gasteiger partial charge is 0.399 e. The van der Waals surface area contributed by atoms with E-state index in [4.69, 9.17) is 10.5 Å². The third kappa shape index (κ3) is 1.53. The van der Waals surface area contributed by atoms with Gasteiger partial charge in [0.05, 0.1) is 6.61 Å². The minimum atomic E-state index is -0.824. The smallest absolute Gasteiger partial charge is 0.115 e. The first kappa shape index (κ1) is 8.53. The average Bonchev–Trinajstić information content (AvgIpc) is 2.54. The zero-order valence-corrected chi connectivity index (χ0v) is 7.36. The number of hydrogen-bond donors (Lipinski definition) is 2. The number of ether oxygens (including phenoxy) is 1.